The van der Waals surface area contributed by atoms with Crippen molar-refractivity contribution < 1.29 is 4.79 Å². The molecule has 25 heavy (non-hydrogen) atoms. The third-order valence-electron chi connectivity index (χ3n) is 4.46. The normalized spacial score (nSPS) is 16.1. The fraction of sp³-hybridized carbons (Fsp3) is 0.421. The first kappa shape index (κ1) is 18.4. The van der Waals surface area contributed by atoms with Gasteiger partial charge in [-0.25, -0.2) is 0 Å². The van der Waals surface area contributed by atoms with Crippen LogP contribution in [-0.2, 0) is 13.1 Å². The van der Waals surface area contributed by atoms with Gasteiger partial charge in [0.15, 0.2) is 0 Å². The van der Waals surface area contributed by atoms with Crippen LogP contribution < -0.4 is 0 Å². The molecule has 0 saturated carbocycles. The molecule has 1 saturated heterocycles. The summed E-state index contributed by atoms with van der Waals surface area (Å²) in [5, 5.41) is 0. The van der Waals surface area contributed by atoms with Crippen LogP contribution in [0.15, 0.2) is 36.4 Å². The number of carbonyl (C=O) groups is 1. The van der Waals surface area contributed by atoms with Crippen LogP contribution in [0.1, 0.15) is 20.8 Å². The van der Waals surface area contributed by atoms with Crippen molar-refractivity contribution in [1.82, 2.24) is 14.7 Å². The summed E-state index contributed by atoms with van der Waals surface area (Å²) in [6.45, 7) is 6.10. The van der Waals surface area contributed by atoms with E-state index in [-0.39, 0.29) is 5.91 Å². The van der Waals surface area contributed by atoms with Crippen LogP contribution in [0.2, 0.25) is 4.34 Å². The van der Waals surface area contributed by atoms with Crippen LogP contribution in [0, 0.1) is 0 Å². The summed E-state index contributed by atoms with van der Waals surface area (Å²) >= 11 is 7.68. The van der Waals surface area contributed by atoms with Gasteiger partial charge in [0.2, 0.25) is 0 Å². The van der Waals surface area contributed by atoms with E-state index in [0.717, 1.165) is 49.2 Å². The Morgan fingerprint density at radius 2 is 1.76 bits per heavy atom. The maximum Gasteiger partial charge on any atom is 0.253 e. The number of hydrogen-bond acceptors (Lipinski definition) is 4. The minimum atomic E-state index is 0.0567. The lowest BCUT2D eigenvalue weighted by Gasteiger charge is -2.34. The number of nitrogens with zero attached hydrogens (tertiary/aromatic N) is 3. The number of thiophene rings is 1. The maximum atomic E-state index is 12.1. The predicted molar refractivity (Wildman–Crippen MR) is 104 cm³/mol. The van der Waals surface area contributed by atoms with E-state index < -0.39 is 0 Å². The van der Waals surface area contributed by atoms with Crippen molar-refractivity contribution in [2.45, 2.75) is 13.1 Å². The first-order valence-electron chi connectivity index (χ1n) is 8.51. The highest BCUT2D eigenvalue weighted by molar-refractivity contribution is 7.16. The fourth-order valence-corrected chi connectivity index (χ4v) is 4.21. The lowest BCUT2D eigenvalue weighted by Crippen LogP contribution is -2.45. The molecule has 0 spiro atoms. The summed E-state index contributed by atoms with van der Waals surface area (Å²) in [6, 6.07) is 12.1. The molecule has 1 aliphatic heterocycles. The highest BCUT2D eigenvalue weighted by Gasteiger charge is 2.18. The molecule has 1 aromatic heterocycles. The van der Waals surface area contributed by atoms with E-state index in [1.54, 1.807) is 30.3 Å². The minimum Gasteiger partial charge on any atom is -0.345 e. The van der Waals surface area contributed by atoms with Crippen LogP contribution in [-0.4, -0.2) is 60.9 Å². The van der Waals surface area contributed by atoms with Crippen molar-refractivity contribution >= 4 is 28.8 Å². The predicted octanol–water partition coefficient (Wildman–Crippen LogP) is 3.42. The molecular weight excluding hydrogens is 354 g/mol. The first-order chi connectivity index (χ1) is 12.0. The summed E-state index contributed by atoms with van der Waals surface area (Å²) < 4.78 is 0.862. The van der Waals surface area contributed by atoms with Gasteiger partial charge in [0.1, 0.15) is 0 Å². The van der Waals surface area contributed by atoms with Gasteiger partial charge in [-0.1, -0.05) is 23.7 Å². The molecule has 0 aliphatic carbocycles. The van der Waals surface area contributed by atoms with Gasteiger partial charge >= 0.3 is 0 Å². The molecule has 4 nitrogen and oxygen atoms in total. The van der Waals surface area contributed by atoms with Gasteiger partial charge in [-0.3, -0.25) is 14.6 Å². The van der Waals surface area contributed by atoms with Crippen molar-refractivity contribution in [2.24, 2.45) is 0 Å². The monoisotopic (exact) mass is 377 g/mol. The smallest absolute Gasteiger partial charge is 0.253 e. The SMILES string of the molecule is CN(C)C(=O)c1cccc(CN2CCN(Cc3ccc(Cl)s3)CC2)c1. The molecule has 0 N–H and O–H groups in total. The standard InChI is InChI=1S/C19H24ClN3OS/c1-21(2)19(24)16-5-3-4-15(12-16)13-22-8-10-23(11-9-22)14-17-6-7-18(20)25-17/h3-7,12H,8-11,13-14H2,1-2H3. The molecule has 2 heterocycles. The van der Waals surface area contributed by atoms with Crippen molar-refractivity contribution in [3.63, 3.8) is 0 Å². The van der Waals surface area contributed by atoms with Crippen LogP contribution in [0.3, 0.4) is 0 Å². The third kappa shape index (κ3) is 5.05. The second kappa shape index (κ2) is 8.32. The van der Waals surface area contributed by atoms with Gasteiger partial charge in [-0.15, -0.1) is 11.3 Å². The minimum absolute atomic E-state index is 0.0567. The number of carbonyl (C=O) groups excluding carboxylic acids is 1. The fourth-order valence-electron chi connectivity index (χ4n) is 3.08. The van der Waals surface area contributed by atoms with Gasteiger partial charge in [-0.2, -0.15) is 0 Å². The van der Waals surface area contributed by atoms with E-state index in [0.29, 0.717) is 0 Å². The Kier molecular flexibility index (Phi) is 6.12. The van der Waals surface area contributed by atoms with Gasteiger partial charge in [0, 0.05) is 63.8 Å². The molecule has 0 radical (unpaired) electrons. The average molecular weight is 378 g/mol. The molecule has 134 valence electrons. The molecule has 0 atom stereocenters. The second-order valence-electron chi connectivity index (χ2n) is 6.66. The Labute approximate surface area is 158 Å². The second-order valence-corrected chi connectivity index (χ2v) is 8.46. The van der Waals surface area contributed by atoms with E-state index in [2.05, 4.69) is 21.9 Å². The molecule has 3 rings (SSSR count). The van der Waals surface area contributed by atoms with E-state index >= 15 is 0 Å². The van der Waals surface area contributed by atoms with Crippen molar-refractivity contribution in [2.75, 3.05) is 40.3 Å². The summed E-state index contributed by atoms with van der Waals surface area (Å²) in [4.78, 5) is 20.0. The van der Waals surface area contributed by atoms with Crippen molar-refractivity contribution in [3.05, 3.63) is 56.7 Å². The molecular formula is C19H24ClN3OS. The molecule has 0 bridgehead atoms. The zero-order chi connectivity index (χ0) is 17.8. The molecule has 0 unspecified atom stereocenters. The number of halogens is 1. The molecule has 1 aliphatic rings. The summed E-state index contributed by atoms with van der Waals surface area (Å²) in [5.41, 5.74) is 1.96. The maximum absolute atomic E-state index is 12.1. The van der Waals surface area contributed by atoms with E-state index in [1.807, 2.05) is 24.3 Å². The Hall–Kier alpha value is -1.40. The summed E-state index contributed by atoms with van der Waals surface area (Å²) in [7, 11) is 3.57. The molecule has 2 aromatic rings. The zero-order valence-electron chi connectivity index (χ0n) is 14.7. The number of amides is 1. The number of hydrogen-bond donors (Lipinski definition) is 0. The molecule has 1 aromatic carbocycles. The topological polar surface area (TPSA) is 26.8 Å². The third-order valence-corrected chi connectivity index (χ3v) is 5.68. The summed E-state index contributed by atoms with van der Waals surface area (Å²) in [6.07, 6.45) is 0. The van der Waals surface area contributed by atoms with E-state index in [1.165, 1.54) is 10.4 Å². The van der Waals surface area contributed by atoms with Gasteiger partial charge in [-0.05, 0) is 29.8 Å². The van der Waals surface area contributed by atoms with E-state index in [9.17, 15) is 4.79 Å². The van der Waals surface area contributed by atoms with Gasteiger partial charge in [0.05, 0.1) is 4.34 Å². The zero-order valence-corrected chi connectivity index (χ0v) is 16.3. The van der Waals surface area contributed by atoms with Crippen LogP contribution in [0.5, 0.6) is 0 Å². The van der Waals surface area contributed by atoms with Gasteiger partial charge < -0.3 is 4.90 Å². The largest absolute Gasteiger partial charge is 0.345 e. The Morgan fingerprint density at radius 1 is 1.08 bits per heavy atom. The van der Waals surface area contributed by atoms with E-state index in [4.69, 9.17) is 11.6 Å². The van der Waals surface area contributed by atoms with Crippen LogP contribution in [0.25, 0.3) is 0 Å². The number of piperazine rings is 1. The highest BCUT2D eigenvalue weighted by atomic mass is 35.5. The molecule has 1 amide bonds. The number of rotatable bonds is 5. The summed E-state index contributed by atoms with van der Waals surface area (Å²) in [5.74, 6) is 0.0567. The average Bonchev–Trinajstić information content (AvgIpc) is 3.01. The highest BCUT2D eigenvalue weighted by Crippen LogP contribution is 2.23. The van der Waals surface area contributed by atoms with Crippen molar-refractivity contribution in [1.29, 1.82) is 0 Å². The number of benzene rings is 1. The molecule has 6 heteroatoms. The van der Waals surface area contributed by atoms with Crippen molar-refractivity contribution in [3.8, 4) is 0 Å². The first-order valence-corrected chi connectivity index (χ1v) is 9.70. The lowest BCUT2D eigenvalue weighted by molar-refractivity contribution is 0.0827. The Balaban J connectivity index is 1.52. The Morgan fingerprint density at radius 3 is 2.36 bits per heavy atom. The van der Waals surface area contributed by atoms with Crippen LogP contribution in [0.4, 0.5) is 0 Å². The Bertz CT molecular complexity index is 723. The lowest BCUT2D eigenvalue weighted by atomic mass is 10.1. The quantitative estimate of drug-likeness (QED) is 0.798. The van der Waals surface area contributed by atoms with Gasteiger partial charge in [0.25, 0.3) is 5.91 Å². The molecule has 1 fully saturated rings. The van der Waals surface area contributed by atoms with Crippen LogP contribution >= 0.6 is 22.9 Å².